The van der Waals surface area contributed by atoms with Gasteiger partial charge in [0.15, 0.2) is 0 Å². The Morgan fingerprint density at radius 2 is 1.20 bits per heavy atom. The molecule has 0 aromatic rings. The number of nitrogens with zero attached hydrogens (tertiary/aromatic N) is 4. The molecule has 0 N–H and O–H groups in total. The molecular weight excluding hydrogens is 368 g/mol. The summed E-state index contributed by atoms with van der Waals surface area (Å²) in [4.78, 5) is 11.0. The Bertz CT molecular complexity index is 543. The number of hydrogen-bond donors (Lipinski definition) is 0. The highest BCUT2D eigenvalue weighted by Crippen LogP contribution is 2.44. The van der Waals surface area contributed by atoms with Crippen molar-refractivity contribution in [3.63, 3.8) is 0 Å². The molecule has 4 heteroatoms. The largest absolute Gasteiger partial charge is 0.303 e. The molecule has 0 aromatic carbocycles. The van der Waals surface area contributed by atoms with Crippen LogP contribution in [-0.2, 0) is 0 Å². The highest BCUT2D eigenvalue weighted by atomic mass is 15.3. The maximum absolute atomic E-state index is 2.87. The van der Waals surface area contributed by atoms with Crippen LogP contribution in [0, 0.1) is 11.3 Å². The third-order valence-electron chi connectivity index (χ3n) is 9.01. The number of hydrogen-bond acceptors (Lipinski definition) is 4. The lowest BCUT2D eigenvalue weighted by molar-refractivity contribution is -0.0966. The molecule has 4 heterocycles. The first-order valence-corrected chi connectivity index (χ1v) is 13.0. The minimum atomic E-state index is 0.348. The van der Waals surface area contributed by atoms with Gasteiger partial charge in [-0.2, -0.15) is 0 Å². The van der Waals surface area contributed by atoms with Crippen molar-refractivity contribution in [2.75, 3.05) is 58.9 Å². The molecule has 0 radical (unpaired) electrons. The van der Waals surface area contributed by atoms with Gasteiger partial charge in [-0.1, -0.05) is 0 Å². The molecule has 0 unspecified atom stereocenters. The van der Waals surface area contributed by atoms with Gasteiger partial charge in [-0.3, -0.25) is 9.80 Å². The van der Waals surface area contributed by atoms with Crippen molar-refractivity contribution in [1.29, 1.82) is 0 Å². The summed E-state index contributed by atoms with van der Waals surface area (Å²) in [6, 6.07) is 0.861. The zero-order valence-electron chi connectivity index (χ0n) is 21.1. The summed E-state index contributed by atoms with van der Waals surface area (Å²) >= 11 is 0. The van der Waals surface area contributed by atoms with E-state index in [0.717, 1.165) is 12.0 Å². The molecule has 0 atom stereocenters. The van der Waals surface area contributed by atoms with Crippen LogP contribution < -0.4 is 0 Å². The second kappa shape index (κ2) is 8.65. The van der Waals surface area contributed by atoms with E-state index < -0.39 is 0 Å². The molecule has 4 fully saturated rings. The predicted molar refractivity (Wildman–Crippen MR) is 128 cm³/mol. The first-order chi connectivity index (χ1) is 14.0. The topological polar surface area (TPSA) is 13.0 Å². The van der Waals surface area contributed by atoms with Crippen molar-refractivity contribution in [3.05, 3.63) is 0 Å². The van der Waals surface area contributed by atoms with Gasteiger partial charge in [-0.15, -0.1) is 0 Å². The molecule has 4 saturated heterocycles. The lowest BCUT2D eigenvalue weighted by Crippen LogP contribution is -2.65. The van der Waals surface area contributed by atoms with E-state index in [1.54, 1.807) is 0 Å². The van der Waals surface area contributed by atoms with E-state index in [0.29, 0.717) is 16.5 Å². The van der Waals surface area contributed by atoms with E-state index in [-0.39, 0.29) is 0 Å². The van der Waals surface area contributed by atoms with E-state index in [1.165, 1.54) is 97.4 Å². The van der Waals surface area contributed by atoms with Crippen molar-refractivity contribution in [1.82, 2.24) is 19.6 Å². The minimum Gasteiger partial charge on any atom is -0.303 e. The Labute approximate surface area is 187 Å². The van der Waals surface area contributed by atoms with E-state index in [1.807, 2.05) is 0 Å². The van der Waals surface area contributed by atoms with Crippen LogP contribution in [-0.4, -0.2) is 95.6 Å². The molecule has 0 aromatic heterocycles. The summed E-state index contributed by atoms with van der Waals surface area (Å²) in [6.07, 6.45) is 8.48. The first-order valence-electron chi connectivity index (χ1n) is 13.0. The van der Waals surface area contributed by atoms with E-state index >= 15 is 0 Å². The van der Waals surface area contributed by atoms with Gasteiger partial charge in [0.05, 0.1) is 0 Å². The number of rotatable bonds is 3. The fourth-order valence-corrected chi connectivity index (χ4v) is 6.54. The third kappa shape index (κ3) is 5.24. The van der Waals surface area contributed by atoms with Crippen molar-refractivity contribution < 1.29 is 0 Å². The van der Waals surface area contributed by atoms with Crippen molar-refractivity contribution in [2.45, 2.75) is 97.2 Å². The van der Waals surface area contributed by atoms with E-state index in [2.05, 4.69) is 61.1 Å². The smallest absolute Gasteiger partial charge is 0.0125 e. The molecular formula is C26H50N4. The van der Waals surface area contributed by atoms with Crippen molar-refractivity contribution in [2.24, 2.45) is 11.3 Å². The molecule has 174 valence electrons. The van der Waals surface area contributed by atoms with Crippen LogP contribution in [0.15, 0.2) is 0 Å². The molecule has 1 spiro atoms. The van der Waals surface area contributed by atoms with Gasteiger partial charge in [0.1, 0.15) is 0 Å². The molecule has 4 nitrogen and oxygen atoms in total. The Kier molecular flexibility index (Phi) is 6.63. The zero-order chi connectivity index (χ0) is 21.6. The van der Waals surface area contributed by atoms with Crippen LogP contribution in [0.25, 0.3) is 0 Å². The Morgan fingerprint density at radius 1 is 0.667 bits per heavy atom. The summed E-state index contributed by atoms with van der Waals surface area (Å²) in [5, 5.41) is 0. The average Bonchev–Trinajstić information content (AvgIpc) is 2.66. The van der Waals surface area contributed by atoms with Crippen LogP contribution >= 0.6 is 0 Å². The maximum Gasteiger partial charge on any atom is 0.0125 e. The summed E-state index contributed by atoms with van der Waals surface area (Å²) in [7, 11) is 0. The van der Waals surface area contributed by atoms with Gasteiger partial charge in [0.25, 0.3) is 0 Å². The highest BCUT2D eigenvalue weighted by molar-refractivity contribution is 5.02. The quantitative estimate of drug-likeness (QED) is 0.682. The van der Waals surface area contributed by atoms with Gasteiger partial charge in [-0.05, 0) is 131 Å². The Hall–Kier alpha value is -0.160. The van der Waals surface area contributed by atoms with Gasteiger partial charge in [0, 0.05) is 36.8 Å². The second-order valence-corrected chi connectivity index (χ2v) is 13.2. The Balaban J connectivity index is 1.14. The molecule has 4 aliphatic rings. The van der Waals surface area contributed by atoms with Crippen LogP contribution in [0.4, 0.5) is 0 Å². The normalized spacial score (nSPS) is 29.4. The minimum absolute atomic E-state index is 0.348. The van der Waals surface area contributed by atoms with E-state index in [9.17, 15) is 0 Å². The van der Waals surface area contributed by atoms with Crippen molar-refractivity contribution >= 4 is 0 Å². The fourth-order valence-electron chi connectivity index (χ4n) is 6.54. The van der Waals surface area contributed by atoms with Gasteiger partial charge >= 0.3 is 0 Å². The predicted octanol–water partition coefficient (Wildman–Crippen LogP) is 4.16. The number of likely N-dealkylation sites (tertiary alicyclic amines) is 4. The lowest BCUT2D eigenvalue weighted by Gasteiger charge is -2.59. The highest BCUT2D eigenvalue weighted by Gasteiger charge is 2.48. The third-order valence-corrected chi connectivity index (χ3v) is 9.01. The van der Waals surface area contributed by atoms with Gasteiger partial charge in [0.2, 0.25) is 0 Å². The summed E-state index contributed by atoms with van der Waals surface area (Å²) in [6.45, 7) is 26.2. The molecule has 0 bridgehead atoms. The van der Waals surface area contributed by atoms with Crippen LogP contribution in [0.2, 0.25) is 0 Å². The average molecular weight is 419 g/mol. The van der Waals surface area contributed by atoms with Crippen LogP contribution in [0.1, 0.15) is 80.1 Å². The Morgan fingerprint density at radius 3 is 1.70 bits per heavy atom. The maximum atomic E-state index is 2.87. The van der Waals surface area contributed by atoms with E-state index in [4.69, 9.17) is 0 Å². The standard InChI is InChI=1S/C26H50N4/c1-24(2,3)29-15-7-22(8-16-29)19-27-13-9-23(10-14-27)28-17-11-26(12-18-28)20-30(21-26)25(4,5)6/h22-23H,7-21H2,1-6H3. The SMILES string of the molecule is CC(C)(C)N1CCC(CN2CCC(N3CCC4(CC3)CN(C(C)(C)C)C4)CC2)CC1. The molecule has 0 aliphatic carbocycles. The summed E-state index contributed by atoms with van der Waals surface area (Å²) < 4.78 is 0. The summed E-state index contributed by atoms with van der Waals surface area (Å²) in [5.74, 6) is 0.930. The lowest BCUT2D eigenvalue weighted by atomic mass is 9.70. The fraction of sp³-hybridized carbons (Fsp3) is 1.00. The molecule has 4 rings (SSSR count). The van der Waals surface area contributed by atoms with Crippen LogP contribution in [0.3, 0.4) is 0 Å². The van der Waals surface area contributed by atoms with Crippen LogP contribution in [0.5, 0.6) is 0 Å². The molecule has 0 amide bonds. The monoisotopic (exact) mass is 418 g/mol. The van der Waals surface area contributed by atoms with Crippen molar-refractivity contribution in [3.8, 4) is 0 Å². The molecule has 4 aliphatic heterocycles. The summed E-state index contributed by atoms with van der Waals surface area (Å²) in [5.41, 5.74) is 1.37. The zero-order valence-corrected chi connectivity index (χ0v) is 21.1. The molecule has 30 heavy (non-hydrogen) atoms. The van der Waals surface area contributed by atoms with Gasteiger partial charge in [-0.25, -0.2) is 0 Å². The molecule has 0 saturated carbocycles. The van der Waals surface area contributed by atoms with Gasteiger partial charge < -0.3 is 9.80 Å². The number of piperidine rings is 3. The first kappa shape index (κ1) is 23.0. The second-order valence-electron chi connectivity index (χ2n) is 13.2.